The first-order valence-electron chi connectivity index (χ1n) is 5.31. The van der Waals surface area contributed by atoms with Crippen LogP contribution in [0, 0.1) is 5.92 Å². The summed E-state index contributed by atoms with van der Waals surface area (Å²) in [6.07, 6.45) is 0. The molecule has 2 N–H and O–H groups in total. The molecular formula is C10H20N2O2S. The predicted molar refractivity (Wildman–Crippen MR) is 63.2 cm³/mol. The molecule has 15 heavy (non-hydrogen) atoms. The molecule has 0 spiro atoms. The molecule has 1 heterocycles. The average Bonchev–Trinajstić information content (AvgIpc) is 2.27. The first-order valence-corrected chi connectivity index (χ1v) is 6.47. The van der Waals surface area contributed by atoms with Crippen molar-refractivity contribution in [3.05, 3.63) is 0 Å². The van der Waals surface area contributed by atoms with Crippen LogP contribution >= 0.6 is 11.8 Å². The summed E-state index contributed by atoms with van der Waals surface area (Å²) in [5.74, 6) is 2.47. The predicted octanol–water partition coefficient (Wildman–Crippen LogP) is 0.0901. The van der Waals surface area contributed by atoms with Crippen LogP contribution in [0.25, 0.3) is 0 Å². The van der Waals surface area contributed by atoms with E-state index in [2.05, 4.69) is 17.6 Å². The monoisotopic (exact) mass is 232 g/mol. The minimum Gasteiger partial charge on any atom is -0.384 e. The molecule has 88 valence electrons. The van der Waals surface area contributed by atoms with Gasteiger partial charge in [-0.15, -0.1) is 0 Å². The number of ether oxygens (including phenoxy) is 1. The van der Waals surface area contributed by atoms with Crippen LogP contribution in [0.1, 0.15) is 6.92 Å². The Hall–Kier alpha value is -0.260. The second-order valence-corrected chi connectivity index (χ2v) is 5.04. The number of amides is 1. The van der Waals surface area contributed by atoms with Crippen LogP contribution in [-0.2, 0) is 9.53 Å². The fourth-order valence-electron chi connectivity index (χ4n) is 1.48. The van der Waals surface area contributed by atoms with Crippen LogP contribution in [-0.4, -0.2) is 50.3 Å². The molecule has 0 aromatic carbocycles. The van der Waals surface area contributed by atoms with E-state index in [0.717, 1.165) is 18.1 Å². The Morgan fingerprint density at radius 3 is 3.13 bits per heavy atom. The topological polar surface area (TPSA) is 50.4 Å². The lowest BCUT2D eigenvalue weighted by atomic mass is 10.2. The van der Waals surface area contributed by atoms with E-state index in [0.29, 0.717) is 19.1 Å². The first-order chi connectivity index (χ1) is 7.24. The molecule has 2 atom stereocenters. The molecule has 0 aromatic heterocycles. The van der Waals surface area contributed by atoms with Gasteiger partial charge in [-0.2, -0.15) is 11.8 Å². The Labute approximate surface area is 95.5 Å². The normalized spacial score (nSPS) is 23.5. The van der Waals surface area contributed by atoms with E-state index in [1.54, 1.807) is 7.11 Å². The van der Waals surface area contributed by atoms with Gasteiger partial charge in [0.1, 0.15) is 0 Å². The SMILES string of the molecule is COCC(C)CNC(=O)C1CSCCN1. The van der Waals surface area contributed by atoms with Crippen molar-refractivity contribution < 1.29 is 9.53 Å². The first kappa shape index (κ1) is 12.8. The third-order valence-corrected chi connectivity index (χ3v) is 3.38. The van der Waals surface area contributed by atoms with Crippen molar-refractivity contribution in [3.63, 3.8) is 0 Å². The van der Waals surface area contributed by atoms with Gasteiger partial charge in [-0.05, 0) is 5.92 Å². The second kappa shape index (κ2) is 7.09. The maximum absolute atomic E-state index is 11.7. The van der Waals surface area contributed by atoms with Gasteiger partial charge in [0.2, 0.25) is 5.91 Å². The number of nitrogens with one attached hydrogen (secondary N) is 2. The van der Waals surface area contributed by atoms with Crippen molar-refractivity contribution in [2.45, 2.75) is 13.0 Å². The molecular weight excluding hydrogens is 212 g/mol. The molecule has 2 unspecified atom stereocenters. The van der Waals surface area contributed by atoms with Crippen LogP contribution < -0.4 is 10.6 Å². The Morgan fingerprint density at radius 1 is 1.73 bits per heavy atom. The molecule has 4 nitrogen and oxygen atoms in total. The molecule has 1 fully saturated rings. The lowest BCUT2D eigenvalue weighted by Crippen LogP contribution is -2.49. The van der Waals surface area contributed by atoms with E-state index in [1.165, 1.54) is 0 Å². The van der Waals surface area contributed by atoms with Gasteiger partial charge in [-0.1, -0.05) is 6.92 Å². The zero-order valence-electron chi connectivity index (χ0n) is 9.41. The van der Waals surface area contributed by atoms with Gasteiger partial charge >= 0.3 is 0 Å². The van der Waals surface area contributed by atoms with Crippen LogP contribution in [0.3, 0.4) is 0 Å². The van der Waals surface area contributed by atoms with Gasteiger partial charge in [-0.3, -0.25) is 4.79 Å². The summed E-state index contributed by atoms with van der Waals surface area (Å²) in [7, 11) is 1.68. The fraction of sp³-hybridized carbons (Fsp3) is 0.900. The van der Waals surface area contributed by atoms with Crippen molar-refractivity contribution in [3.8, 4) is 0 Å². The molecule has 0 aromatic rings. The minimum absolute atomic E-state index is 0.0153. The summed E-state index contributed by atoms with van der Waals surface area (Å²) in [5.41, 5.74) is 0. The summed E-state index contributed by atoms with van der Waals surface area (Å²) in [5, 5.41) is 6.15. The summed E-state index contributed by atoms with van der Waals surface area (Å²) in [6, 6.07) is -0.0153. The van der Waals surface area contributed by atoms with Crippen LogP contribution in [0.4, 0.5) is 0 Å². The number of carbonyl (C=O) groups excluding carboxylic acids is 1. The molecule has 1 saturated heterocycles. The molecule has 5 heteroatoms. The molecule has 1 amide bonds. The molecule has 1 aliphatic rings. The maximum atomic E-state index is 11.7. The van der Waals surface area contributed by atoms with Crippen molar-refractivity contribution >= 4 is 17.7 Å². The number of thioether (sulfide) groups is 1. The number of hydrogen-bond acceptors (Lipinski definition) is 4. The van der Waals surface area contributed by atoms with Crippen LogP contribution in [0.15, 0.2) is 0 Å². The molecule has 1 rings (SSSR count). The molecule has 1 aliphatic heterocycles. The van der Waals surface area contributed by atoms with Gasteiger partial charge in [0.05, 0.1) is 12.6 Å². The third-order valence-electron chi connectivity index (χ3n) is 2.31. The van der Waals surface area contributed by atoms with E-state index in [4.69, 9.17) is 4.74 Å². The van der Waals surface area contributed by atoms with Crippen LogP contribution in [0.5, 0.6) is 0 Å². The Balaban J connectivity index is 2.16. The van der Waals surface area contributed by atoms with E-state index in [-0.39, 0.29) is 11.9 Å². The van der Waals surface area contributed by atoms with Gasteiger partial charge in [0.15, 0.2) is 0 Å². The van der Waals surface area contributed by atoms with Crippen molar-refractivity contribution in [1.29, 1.82) is 0 Å². The van der Waals surface area contributed by atoms with Gasteiger partial charge in [0, 0.05) is 31.7 Å². The summed E-state index contributed by atoms with van der Waals surface area (Å²) in [6.45, 7) is 4.37. The average molecular weight is 232 g/mol. The van der Waals surface area contributed by atoms with E-state index in [9.17, 15) is 4.79 Å². The van der Waals surface area contributed by atoms with E-state index in [1.807, 2.05) is 11.8 Å². The lowest BCUT2D eigenvalue weighted by molar-refractivity contribution is -0.122. The fourth-order valence-corrected chi connectivity index (χ4v) is 2.41. The Bertz CT molecular complexity index is 196. The van der Waals surface area contributed by atoms with Gasteiger partial charge in [-0.25, -0.2) is 0 Å². The molecule has 0 saturated carbocycles. The van der Waals surface area contributed by atoms with Gasteiger partial charge in [0.25, 0.3) is 0 Å². The number of rotatable bonds is 5. The zero-order valence-corrected chi connectivity index (χ0v) is 10.2. The smallest absolute Gasteiger partial charge is 0.238 e. The summed E-state index contributed by atoms with van der Waals surface area (Å²) >= 11 is 1.83. The highest BCUT2D eigenvalue weighted by Crippen LogP contribution is 2.07. The van der Waals surface area contributed by atoms with E-state index >= 15 is 0 Å². The van der Waals surface area contributed by atoms with Gasteiger partial charge < -0.3 is 15.4 Å². The summed E-state index contributed by atoms with van der Waals surface area (Å²) in [4.78, 5) is 11.7. The zero-order chi connectivity index (χ0) is 11.1. The lowest BCUT2D eigenvalue weighted by Gasteiger charge is -2.23. The van der Waals surface area contributed by atoms with Crippen molar-refractivity contribution in [2.24, 2.45) is 5.92 Å². The highest BCUT2D eigenvalue weighted by Gasteiger charge is 2.20. The minimum atomic E-state index is -0.0153. The largest absolute Gasteiger partial charge is 0.384 e. The van der Waals surface area contributed by atoms with Crippen LogP contribution in [0.2, 0.25) is 0 Å². The quantitative estimate of drug-likeness (QED) is 0.705. The van der Waals surface area contributed by atoms with Crippen molar-refractivity contribution in [1.82, 2.24) is 10.6 Å². The molecule has 0 radical (unpaired) electrons. The standard InChI is InChI=1S/C10H20N2O2S/c1-8(6-14-2)5-12-10(13)9-7-15-4-3-11-9/h8-9,11H,3-7H2,1-2H3,(H,12,13). The highest BCUT2D eigenvalue weighted by molar-refractivity contribution is 7.99. The molecule has 0 aliphatic carbocycles. The number of methoxy groups -OCH3 is 1. The number of hydrogen-bond donors (Lipinski definition) is 2. The highest BCUT2D eigenvalue weighted by atomic mass is 32.2. The Kier molecular flexibility index (Phi) is 6.05. The van der Waals surface area contributed by atoms with Crippen molar-refractivity contribution in [2.75, 3.05) is 38.3 Å². The number of carbonyl (C=O) groups is 1. The summed E-state index contributed by atoms with van der Waals surface area (Å²) < 4.78 is 5.01. The van der Waals surface area contributed by atoms with E-state index < -0.39 is 0 Å². The Morgan fingerprint density at radius 2 is 2.53 bits per heavy atom. The second-order valence-electron chi connectivity index (χ2n) is 3.89. The maximum Gasteiger partial charge on any atom is 0.238 e. The third kappa shape index (κ3) is 4.86. The molecule has 0 bridgehead atoms.